The molecule has 3 rings (SSSR count). The Kier molecular flexibility index (Phi) is 4.37. The van der Waals surface area contributed by atoms with E-state index >= 15 is 0 Å². The molecule has 0 atom stereocenters. The van der Waals surface area contributed by atoms with Crippen molar-refractivity contribution in [3.8, 4) is 0 Å². The normalized spacial score (nSPS) is 15.6. The molecule has 0 bridgehead atoms. The van der Waals surface area contributed by atoms with Crippen LogP contribution in [0.25, 0.3) is 5.65 Å². The lowest BCUT2D eigenvalue weighted by atomic mass is 10.3. The lowest BCUT2D eigenvalue weighted by Gasteiger charge is -2.35. The van der Waals surface area contributed by atoms with E-state index in [0.717, 1.165) is 28.1 Å². The summed E-state index contributed by atoms with van der Waals surface area (Å²) in [5.74, 6) is 0.919. The summed E-state index contributed by atoms with van der Waals surface area (Å²) in [6, 6.07) is 1.96. The molecule has 1 aliphatic rings. The number of ether oxygens (including phenoxy) is 1. The Bertz CT molecular complexity index is 679. The molecule has 8 heteroatoms. The predicted octanol–water partition coefficient (Wildman–Crippen LogP) is 2.00. The van der Waals surface area contributed by atoms with Crippen molar-refractivity contribution in [2.45, 2.75) is 20.0 Å². The van der Waals surface area contributed by atoms with E-state index in [2.05, 4.69) is 37.6 Å². The van der Waals surface area contributed by atoms with Crippen molar-refractivity contribution in [3.05, 3.63) is 22.0 Å². The maximum Gasteiger partial charge on any atom is 0.410 e. The van der Waals surface area contributed by atoms with Gasteiger partial charge in [0.1, 0.15) is 5.82 Å². The molecule has 3 heterocycles. The minimum absolute atomic E-state index is 0.0847. The molecule has 1 fully saturated rings. The van der Waals surface area contributed by atoms with Gasteiger partial charge in [0.15, 0.2) is 5.65 Å². The van der Waals surface area contributed by atoms with E-state index in [1.807, 2.05) is 26.1 Å². The molecule has 1 aliphatic heterocycles. The van der Waals surface area contributed by atoms with Crippen LogP contribution in [0.5, 0.6) is 0 Å². The molecule has 1 amide bonds. The van der Waals surface area contributed by atoms with Gasteiger partial charge in [0.05, 0.1) is 15.9 Å². The fraction of sp³-hybridized carbons (Fsp3) is 0.500. The standard InChI is InChI=1S/C14H18IN5O2/c1-10(2)22-14(21)19-7-5-18(6-8-19)12-3-4-20-13(17-12)11(15)9-16-20/h3-4,9-10H,5-8H2,1-2H3. The van der Waals surface area contributed by atoms with Gasteiger partial charge in [-0.25, -0.2) is 14.3 Å². The summed E-state index contributed by atoms with van der Waals surface area (Å²) in [5.41, 5.74) is 0.861. The number of anilines is 1. The van der Waals surface area contributed by atoms with Gasteiger partial charge in [-0.3, -0.25) is 0 Å². The van der Waals surface area contributed by atoms with Gasteiger partial charge in [-0.1, -0.05) is 0 Å². The summed E-state index contributed by atoms with van der Waals surface area (Å²) >= 11 is 2.23. The number of carbonyl (C=O) groups excluding carboxylic acids is 1. The van der Waals surface area contributed by atoms with Gasteiger partial charge in [-0.2, -0.15) is 5.10 Å². The third-order valence-corrected chi connectivity index (χ3v) is 4.27. The van der Waals surface area contributed by atoms with Gasteiger partial charge in [-0.15, -0.1) is 0 Å². The molecule has 2 aromatic heterocycles. The molecule has 2 aromatic rings. The highest BCUT2D eigenvalue weighted by molar-refractivity contribution is 14.1. The van der Waals surface area contributed by atoms with E-state index < -0.39 is 0 Å². The Morgan fingerprint density at radius 2 is 2.05 bits per heavy atom. The first-order valence-electron chi connectivity index (χ1n) is 7.25. The first kappa shape index (κ1) is 15.3. The second-order valence-electron chi connectivity index (χ2n) is 5.45. The van der Waals surface area contributed by atoms with Crippen LogP contribution in [0.15, 0.2) is 18.5 Å². The van der Waals surface area contributed by atoms with Crippen molar-refractivity contribution in [3.63, 3.8) is 0 Å². The Morgan fingerprint density at radius 3 is 2.73 bits per heavy atom. The number of carbonyl (C=O) groups is 1. The summed E-state index contributed by atoms with van der Waals surface area (Å²) in [6.07, 6.45) is 3.40. The fourth-order valence-corrected chi connectivity index (χ4v) is 2.89. The van der Waals surface area contributed by atoms with Crippen molar-refractivity contribution in [1.29, 1.82) is 0 Å². The lowest BCUT2D eigenvalue weighted by molar-refractivity contribution is 0.0751. The van der Waals surface area contributed by atoms with Gasteiger partial charge >= 0.3 is 6.09 Å². The summed E-state index contributed by atoms with van der Waals surface area (Å²) in [6.45, 7) is 6.52. The highest BCUT2D eigenvalue weighted by Crippen LogP contribution is 2.18. The zero-order valence-corrected chi connectivity index (χ0v) is 14.7. The summed E-state index contributed by atoms with van der Waals surface area (Å²) in [5, 5.41) is 4.23. The highest BCUT2D eigenvalue weighted by Gasteiger charge is 2.23. The molecule has 22 heavy (non-hydrogen) atoms. The highest BCUT2D eigenvalue weighted by atomic mass is 127. The second-order valence-corrected chi connectivity index (χ2v) is 6.62. The maximum atomic E-state index is 11.9. The molecule has 118 valence electrons. The Labute approximate surface area is 142 Å². The van der Waals surface area contributed by atoms with Gasteiger partial charge in [0.25, 0.3) is 0 Å². The van der Waals surface area contributed by atoms with Crippen LogP contribution < -0.4 is 4.90 Å². The van der Waals surface area contributed by atoms with Crippen LogP contribution in [-0.4, -0.2) is 57.9 Å². The summed E-state index contributed by atoms with van der Waals surface area (Å²) < 4.78 is 8.03. The van der Waals surface area contributed by atoms with Crippen molar-refractivity contribution < 1.29 is 9.53 Å². The minimum Gasteiger partial charge on any atom is -0.447 e. The number of rotatable bonds is 2. The third kappa shape index (κ3) is 3.11. The number of hydrogen-bond donors (Lipinski definition) is 0. The third-order valence-electron chi connectivity index (χ3n) is 3.51. The van der Waals surface area contributed by atoms with E-state index in [1.54, 1.807) is 15.6 Å². The lowest BCUT2D eigenvalue weighted by Crippen LogP contribution is -2.49. The molecule has 0 saturated carbocycles. The van der Waals surface area contributed by atoms with Crippen LogP contribution in [0.4, 0.5) is 10.6 Å². The summed E-state index contributed by atoms with van der Waals surface area (Å²) in [7, 11) is 0. The van der Waals surface area contributed by atoms with Gasteiger partial charge in [0.2, 0.25) is 0 Å². The molecule has 0 aromatic carbocycles. The van der Waals surface area contributed by atoms with Crippen LogP contribution in [0.3, 0.4) is 0 Å². The zero-order chi connectivity index (χ0) is 15.7. The number of nitrogens with zero attached hydrogens (tertiary/aromatic N) is 5. The number of hydrogen-bond acceptors (Lipinski definition) is 5. The van der Waals surface area contributed by atoms with Crippen LogP contribution in [0, 0.1) is 3.57 Å². The molecule has 0 spiro atoms. The van der Waals surface area contributed by atoms with Crippen LogP contribution in [0.1, 0.15) is 13.8 Å². The summed E-state index contributed by atoms with van der Waals surface area (Å²) in [4.78, 5) is 20.5. The van der Waals surface area contributed by atoms with Gasteiger partial charge < -0.3 is 14.5 Å². The largest absolute Gasteiger partial charge is 0.447 e. The van der Waals surface area contributed by atoms with Crippen molar-refractivity contribution in [2.75, 3.05) is 31.1 Å². The van der Waals surface area contributed by atoms with Crippen LogP contribution in [-0.2, 0) is 4.74 Å². The zero-order valence-electron chi connectivity index (χ0n) is 12.6. The number of fused-ring (bicyclic) bond motifs is 1. The molecule has 0 radical (unpaired) electrons. The van der Waals surface area contributed by atoms with E-state index in [1.165, 1.54) is 0 Å². The molecule has 0 aliphatic carbocycles. The first-order valence-corrected chi connectivity index (χ1v) is 8.33. The van der Waals surface area contributed by atoms with Crippen molar-refractivity contribution in [1.82, 2.24) is 19.5 Å². The number of piperazine rings is 1. The molecular formula is C14H18IN5O2. The van der Waals surface area contributed by atoms with E-state index in [0.29, 0.717) is 13.1 Å². The average Bonchev–Trinajstić information content (AvgIpc) is 2.88. The maximum absolute atomic E-state index is 11.9. The number of aromatic nitrogens is 3. The van der Waals surface area contributed by atoms with Gasteiger partial charge in [0, 0.05) is 32.4 Å². The SMILES string of the molecule is CC(C)OC(=O)N1CCN(c2ccn3ncc(I)c3n2)CC1. The first-order chi connectivity index (χ1) is 10.5. The Balaban J connectivity index is 1.67. The van der Waals surface area contributed by atoms with E-state index in [4.69, 9.17) is 4.74 Å². The smallest absolute Gasteiger partial charge is 0.410 e. The topological polar surface area (TPSA) is 63.0 Å². The minimum atomic E-state index is -0.233. The molecular weight excluding hydrogens is 397 g/mol. The number of amides is 1. The molecule has 0 N–H and O–H groups in total. The van der Waals surface area contributed by atoms with Crippen molar-refractivity contribution >= 4 is 40.1 Å². The molecule has 1 saturated heterocycles. The molecule has 7 nitrogen and oxygen atoms in total. The Morgan fingerprint density at radius 1 is 1.32 bits per heavy atom. The predicted molar refractivity (Wildman–Crippen MR) is 91.1 cm³/mol. The second kappa shape index (κ2) is 6.27. The van der Waals surface area contributed by atoms with Crippen LogP contribution >= 0.6 is 22.6 Å². The van der Waals surface area contributed by atoms with Crippen molar-refractivity contribution in [2.24, 2.45) is 0 Å². The fourth-order valence-electron chi connectivity index (χ4n) is 2.40. The van der Waals surface area contributed by atoms with E-state index in [9.17, 15) is 4.79 Å². The molecule has 0 unspecified atom stereocenters. The van der Waals surface area contributed by atoms with Gasteiger partial charge in [-0.05, 0) is 42.5 Å². The average molecular weight is 415 g/mol. The van der Waals surface area contributed by atoms with Crippen LogP contribution in [0.2, 0.25) is 0 Å². The number of halogens is 1. The monoisotopic (exact) mass is 415 g/mol. The van der Waals surface area contributed by atoms with E-state index in [-0.39, 0.29) is 12.2 Å². The quantitative estimate of drug-likeness (QED) is 0.703. The Hall–Kier alpha value is -1.58.